The van der Waals surface area contributed by atoms with Crippen molar-refractivity contribution in [3.8, 4) is 0 Å². The summed E-state index contributed by atoms with van der Waals surface area (Å²) in [5, 5.41) is 0.712. The van der Waals surface area contributed by atoms with Gasteiger partial charge in [-0.05, 0) is 24.3 Å². The van der Waals surface area contributed by atoms with Crippen LogP contribution in [-0.2, 0) is 0 Å². The highest BCUT2D eigenvalue weighted by Crippen LogP contribution is 2.26. The Labute approximate surface area is 109 Å². The van der Waals surface area contributed by atoms with Crippen LogP contribution >= 0.6 is 23.2 Å². The van der Waals surface area contributed by atoms with Crippen LogP contribution in [-0.4, -0.2) is 5.78 Å². The number of anilines is 1. The van der Waals surface area contributed by atoms with Crippen LogP contribution in [0.1, 0.15) is 15.9 Å². The third kappa shape index (κ3) is 2.28. The summed E-state index contributed by atoms with van der Waals surface area (Å²) < 4.78 is 0. The Hall–Kier alpha value is -1.51. The number of benzene rings is 2. The Bertz CT molecular complexity index is 581. The summed E-state index contributed by atoms with van der Waals surface area (Å²) in [5.41, 5.74) is 6.59. The van der Waals surface area contributed by atoms with E-state index in [0.29, 0.717) is 15.6 Å². The molecule has 0 spiro atoms. The molecule has 0 aromatic heterocycles. The second-order valence-corrected chi connectivity index (χ2v) is 4.24. The van der Waals surface area contributed by atoms with Crippen molar-refractivity contribution in [1.29, 1.82) is 0 Å². The van der Waals surface area contributed by atoms with Gasteiger partial charge in [0.25, 0.3) is 0 Å². The SMILES string of the molecule is Nc1c(C(=O)c2ccccc2Cl)[c]ccc1Cl. The maximum atomic E-state index is 12.2. The molecule has 2 aromatic carbocycles. The molecule has 1 radical (unpaired) electrons. The van der Waals surface area contributed by atoms with Gasteiger partial charge in [-0.1, -0.05) is 41.4 Å². The van der Waals surface area contributed by atoms with Gasteiger partial charge in [-0.25, -0.2) is 0 Å². The lowest BCUT2D eigenvalue weighted by Gasteiger charge is -2.07. The summed E-state index contributed by atoms with van der Waals surface area (Å²) in [4.78, 5) is 12.2. The zero-order valence-corrected chi connectivity index (χ0v) is 10.2. The van der Waals surface area contributed by atoms with Gasteiger partial charge in [-0.15, -0.1) is 0 Å². The number of nitrogen functional groups attached to an aromatic ring is 1. The van der Waals surface area contributed by atoms with Crippen LogP contribution < -0.4 is 5.73 Å². The van der Waals surface area contributed by atoms with Crippen molar-refractivity contribution >= 4 is 34.7 Å². The second kappa shape index (κ2) is 4.78. The molecule has 0 saturated carbocycles. The fraction of sp³-hybridized carbons (Fsp3) is 0. The van der Waals surface area contributed by atoms with Crippen molar-refractivity contribution in [3.63, 3.8) is 0 Å². The normalized spacial score (nSPS) is 10.2. The molecule has 0 heterocycles. The standard InChI is InChI=1S/C13H8Cl2NO/c14-10-6-2-1-4-8(10)13(17)9-5-3-7-11(15)12(9)16/h1-4,6-7H,16H2. The van der Waals surface area contributed by atoms with E-state index in [0.717, 1.165) is 0 Å². The maximum absolute atomic E-state index is 12.2. The summed E-state index contributed by atoms with van der Waals surface area (Å²) in [6.45, 7) is 0. The van der Waals surface area contributed by atoms with Gasteiger partial charge < -0.3 is 5.73 Å². The lowest BCUT2D eigenvalue weighted by molar-refractivity contribution is 0.103. The number of hydrogen-bond donors (Lipinski definition) is 1. The van der Waals surface area contributed by atoms with Crippen LogP contribution in [0.25, 0.3) is 0 Å². The molecule has 0 amide bonds. The van der Waals surface area contributed by atoms with E-state index < -0.39 is 0 Å². The van der Waals surface area contributed by atoms with Crippen LogP contribution in [0.2, 0.25) is 10.0 Å². The van der Waals surface area contributed by atoms with E-state index >= 15 is 0 Å². The highest BCUT2D eigenvalue weighted by molar-refractivity contribution is 6.36. The number of nitrogens with two attached hydrogens (primary N) is 1. The fourth-order valence-corrected chi connectivity index (χ4v) is 1.83. The molecule has 2 aromatic rings. The highest BCUT2D eigenvalue weighted by Gasteiger charge is 2.16. The summed E-state index contributed by atoms with van der Waals surface area (Å²) in [6, 6.07) is 12.7. The fourth-order valence-electron chi connectivity index (χ4n) is 1.45. The minimum absolute atomic E-state index is 0.221. The average molecular weight is 265 g/mol. The third-order valence-corrected chi connectivity index (χ3v) is 2.99. The molecule has 0 fully saturated rings. The molecule has 0 aliphatic heterocycles. The molecule has 0 aliphatic rings. The van der Waals surface area contributed by atoms with E-state index in [1.165, 1.54) is 0 Å². The Morgan fingerprint density at radius 3 is 2.53 bits per heavy atom. The van der Waals surface area contributed by atoms with Crippen molar-refractivity contribution in [3.05, 3.63) is 63.6 Å². The van der Waals surface area contributed by atoms with Gasteiger partial charge in [0, 0.05) is 5.56 Å². The van der Waals surface area contributed by atoms with Crippen LogP contribution in [0.3, 0.4) is 0 Å². The smallest absolute Gasteiger partial charge is 0.197 e. The molecule has 0 aliphatic carbocycles. The predicted molar refractivity (Wildman–Crippen MR) is 69.6 cm³/mol. The molecule has 0 atom stereocenters. The van der Waals surface area contributed by atoms with Crippen molar-refractivity contribution in [1.82, 2.24) is 0 Å². The minimum atomic E-state index is -0.282. The summed E-state index contributed by atoms with van der Waals surface area (Å²) in [6.07, 6.45) is 0. The number of ketones is 1. The molecule has 85 valence electrons. The molecular weight excluding hydrogens is 257 g/mol. The number of carbonyl (C=O) groups excluding carboxylic acids is 1. The third-order valence-electron chi connectivity index (χ3n) is 2.33. The van der Waals surface area contributed by atoms with E-state index in [4.69, 9.17) is 28.9 Å². The van der Waals surface area contributed by atoms with Crippen molar-refractivity contribution in [2.24, 2.45) is 0 Å². The molecule has 2 rings (SSSR count). The largest absolute Gasteiger partial charge is 0.397 e. The zero-order valence-electron chi connectivity index (χ0n) is 8.71. The Kier molecular flexibility index (Phi) is 3.36. The van der Waals surface area contributed by atoms with Gasteiger partial charge in [0.2, 0.25) is 0 Å². The minimum Gasteiger partial charge on any atom is -0.397 e. The van der Waals surface area contributed by atoms with Crippen LogP contribution in [0.4, 0.5) is 5.69 Å². The Morgan fingerprint density at radius 2 is 1.82 bits per heavy atom. The molecule has 0 unspecified atom stereocenters. The van der Waals surface area contributed by atoms with Crippen LogP contribution in [0, 0.1) is 6.07 Å². The maximum Gasteiger partial charge on any atom is 0.197 e. The van der Waals surface area contributed by atoms with E-state index in [1.54, 1.807) is 36.4 Å². The summed E-state index contributed by atoms with van der Waals surface area (Å²) in [7, 11) is 0. The lowest BCUT2D eigenvalue weighted by atomic mass is 10.0. The van der Waals surface area contributed by atoms with Crippen molar-refractivity contribution in [2.75, 3.05) is 5.73 Å². The van der Waals surface area contributed by atoms with Crippen LogP contribution in [0.15, 0.2) is 36.4 Å². The summed E-state index contributed by atoms with van der Waals surface area (Å²) in [5.74, 6) is -0.282. The number of carbonyl (C=O) groups is 1. The Balaban J connectivity index is 2.52. The average Bonchev–Trinajstić information content (AvgIpc) is 2.32. The summed E-state index contributed by atoms with van der Waals surface area (Å²) >= 11 is 11.8. The van der Waals surface area contributed by atoms with E-state index in [1.807, 2.05) is 0 Å². The molecule has 0 bridgehead atoms. The number of rotatable bonds is 2. The molecule has 2 nitrogen and oxygen atoms in total. The topological polar surface area (TPSA) is 43.1 Å². The first-order chi connectivity index (χ1) is 8.11. The number of halogens is 2. The van der Waals surface area contributed by atoms with Gasteiger partial charge in [0.1, 0.15) is 0 Å². The van der Waals surface area contributed by atoms with Crippen molar-refractivity contribution < 1.29 is 4.79 Å². The quantitative estimate of drug-likeness (QED) is 0.665. The zero-order chi connectivity index (χ0) is 12.4. The van der Waals surface area contributed by atoms with E-state index in [-0.39, 0.29) is 17.0 Å². The first kappa shape index (κ1) is 12.0. The number of hydrogen-bond acceptors (Lipinski definition) is 2. The Morgan fingerprint density at radius 1 is 1.12 bits per heavy atom. The molecule has 2 N–H and O–H groups in total. The first-order valence-corrected chi connectivity index (χ1v) is 5.61. The lowest BCUT2D eigenvalue weighted by Crippen LogP contribution is -2.06. The van der Waals surface area contributed by atoms with E-state index in [2.05, 4.69) is 6.07 Å². The van der Waals surface area contributed by atoms with Crippen molar-refractivity contribution in [2.45, 2.75) is 0 Å². The molecule has 17 heavy (non-hydrogen) atoms. The second-order valence-electron chi connectivity index (χ2n) is 3.42. The van der Waals surface area contributed by atoms with Gasteiger partial charge in [0.05, 0.1) is 21.3 Å². The first-order valence-electron chi connectivity index (χ1n) is 4.86. The monoisotopic (exact) mass is 264 g/mol. The van der Waals surface area contributed by atoms with Gasteiger partial charge >= 0.3 is 0 Å². The molecule has 0 saturated heterocycles. The van der Waals surface area contributed by atoms with E-state index in [9.17, 15) is 4.79 Å². The molecule has 4 heteroatoms. The van der Waals surface area contributed by atoms with Gasteiger partial charge in [-0.2, -0.15) is 0 Å². The highest BCUT2D eigenvalue weighted by atomic mass is 35.5. The van der Waals surface area contributed by atoms with Gasteiger partial charge in [-0.3, -0.25) is 4.79 Å². The van der Waals surface area contributed by atoms with Crippen LogP contribution in [0.5, 0.6) is 0 Å². The molecular formula is C13H8Cl2NO. The van der Waals surface area contributed by atoms with Gasteiger partial charge in [0.15, 0.2) is 5.78 Å². The predicted octanol–water partition coefficient (Wildman–Crippen LogP) is 3.61.